The van der Waals surface area contributed by atoms with Gasteiger partial charge in [0, 0.05) is 39.4 Å². The molecule has 3 N–H and O–H groups in total. The van der Waals surface area contributed by atoms with Crippen molar-refractivity contribution in [2.24, 2.45) is 0 Å². The van der Waals surface area contributed by atoms with E-state index in [9.17, 15) is 38.7 Å². The van der Waals surface area contributed by atoms with Crippen LogP contribution in [-0.4, -0.2) is 78.5 Å². The van der Waals surface area contributed by atoms with Crippen molar-refractivity contribution in [2.45, 2.75) is 39.8 Å². The molecule has 1 heterocycles. The van der Waals surface area contributed by atoms with E-state index in [2.05, 4.69) is 10.6 Å². The Hall–Kier alpha value is -6.09. The third-order valence-corrected chi connectivity index (χ3v) is 6.91. The van der Waals surface area contributed by atoms with Gasteiger partial charge < -0.3 is 39.4 Å². The molecule has 2 atom stereocenters. The molecule has 256 valence electrons. The first-order valence-corrected chi connectivity index (χ1v) is 14.9. The Morgan fingerprint density at radius 1 is 0.776 bits per heavy atom. The Kier molecular flexibility index (Phi) is 11.4. The minimum atomic E-state index is -1.09. The van der Waals surface area contributed by atoms with Crippen LogP contribution in [0.5, 0.6) is 23.0 Å². The minimum absolute atomic E-state index is 0.0448. The molecular formula is C34H32N2O13. The van der Waals surface area contributed by atoms with Gasteiger partial charge in [0.15, 0.2) is 0 Å². The summed E-state index contributed by atoms with van der Waals surface area (Å²) in [7, 11) is 0. The van der Waals surface area contributed by atoms with Gasteiger partial charge in [-0.1, -0.05) is 6.07 Å². The van der Waals surface area contributed by atoms with E-state index >= 15 is 0 Å². The third-order valence-electron chi connectivity index (χ3n) is 6.91. The summed E-state index contributed by atoms with van der Waals surface area (Å²) in [5.74, 6) is -7.19. The number of benzene rings is 3. The van der Waals surface area contributed by atoms with Crippen LogP contribution in [0.2, 0.25) is 0 Å². The van der Waals surface area contributed by atoms with Gasteiger partial charge in [-0.2, -0.15) is 0 Å². The monoisotopic (exact) mass is 676 g/mol. The Bertz CT molecular complexity index is 1820. The fourth-order valence-corrected chi connectivity index (χ4v) is 4.91. The number of aromatic hydroxyl groups is 1. The van der Waals surface area contributed by atoms with Crippen molar-refractivity contribution >= 4 is 41.5 Å². The van der Waals surface area contributed by atoms with E-state index in [1.807, 2.05) is 0 Å². The number of carbonyl (C=O) groups is 7. The average Bonchev–Trinajstić information content (AvgIpc) is 3.45. The molecule has 1 saturated heterocycles. The quantitative estimate of drug-likeness (QED) is 0.151. The number of esters is 5. The van der Waals surface area contributed by atoms with Crippen LogP contribution in [0.25, 0.3) is 0 Å². The zero-order chi connectivity index (χ0) is 35.8. The van der Waals surface area contributed by atoms with Crippen LogP contribution in [0.1, 0.15) is 74.7 Å². The fraction of sp³-hybridized carbons (Fsp3) is 0.265. The van der Waals surface area contributed by atoms with Gasteiger partial charge in [0.05, 0.1) is 29.3 Å². The summed E-state index contributed by atoms with van der Waals surface area (Å²) < 4.78 is 26.0. The Labute approximate surface area is 279 Å². The lowest BCUT2D eigenvalue weighted by molar-refractivity contribution is -0.132. The van der Waals surface area contributed by atoms with Crippen molar-refractivity contribution in [3.05, 3.63) is 82.4 Å². The third kappa shape index (κ3) is 8.84. The highest BCUT2D eigenvalue weighted by molar-refractivity contribution is 6.19. The van der Waals surface area contributed by atoms with Crippen molar-refractivity contribution in [1.29, 1.82) is 0 Å². The van der Waals surface area contributed by atoms with Crippen molar-refractivity contribution in [3.8, 4) is 23.0 Å². The number of rotatable bonds is 11. The molecule has 3 aromatic carbocycles. The first kappa shape index (κ1) is 35.8. The Balaban J connectivity index is 1.61. The van der Waals surface area contributed by atoms with Gasteiger partial charge in [-0.15, -0.1) is 0 Å². The smallest absolute Gasteiger partial charge is 0.339 e. The molecular weight excluding hydrogens is 644 g/mol. The van der Waals surface area contributed by atoms with Gasteiger partial charge in [0.2, 0.25) is 5.78 Å². The molecule has 0 aromatic heterocycles. The number of hydrogen-bond donors (Lipinski definition) is 3. The van der Waals surface area contributed by atoms with Crippen LogP contribution in [-0.2, 0) is 23.9 Å². The van der Waals surface area contributed by atoms with Gasteiger partial charge in [-0.3, -0.25) is 24.0 Å². The van der Waals surface area contributed by atoms with Crippen molar-refractivity contribution in [2.75, 3.05) is 19.7 Å². The maximum absolute atomic E-state index is 14.0. The Morgan fingerprint density at radius 2 is 1.43 bits per heavy atom. The summed E-state index contributed by atoms with van der Waals surface area (Å²) in [6.07, 6.45) is -0.875. The van der Waals surface area contributed by atoms with E-state index in [1.54, 1.807) is 6.92 Å². The standard InChI is InChI=1S/C34H32N2O13/c1-5-45-34(44)23-7-6-8-26(47-18(3)38)29(23)31(41)30-25(40)13-21(14-27(30)48-19(4)39)33(43)49-28-16-35-15-24(28)36-32(42)20-9-11-22(12-10-20)46-17(2)37/h6-14,24,28,35,40H,5,15-16H2,1-4H3,(H,36,42)/t24-,28-/m0/s1. The summed E-state index contributed by atoms with van der Waals surface area (Å²) in [6, 6.07) is 10.9. The summed E-state index contributed by atoms with van der Waals surface area (Å²) >= 11 is 0. The largest absolute Gasteiger partial charge is 0.507 e. The number of ether oxygens (including phenoxy) is 5. The second-order valence-corrected chi connectivity index (χ2v) is 10.6. The molecule has 0 unspecified atom stereocenters. The number of carbonyl (C=O) groups excluding carboxylic acids is 7. The number of phenols is 1. The molecule has 0 aliphatic carbocycles. The van der Waals surface area contributed by atoms with Gasteiger partial charge in [-0.05, 0) is 55.5 Å². The minimum Gasteiger partial charge on any atom is -0.507 e. The van der Waals surface area contributed by atoms with E-state index in [0.717, 1.165) is 26.0 Å². The van der Waals surface area contributed by atoms with E-state index in [0.29, 0.717) is 0 Å². The van der Waals surface area contributed by atoms with Gasteiger partial charge >= 0.3 is 29.8 Å². The van der Waals surface area contributed by atoms with E-state index in [-0.39, 0.29) is 47.9 Å². The predicted octanol–water partition coefficient (Wildman–Crippen LogP) is 2.50. The zero-order valence-electron chi connectivity index (χ0n) is 26.8. The molecule has 0 radical (unpaired) electrons. The zero-order valence-corrected chi connectivity index (χ0v) is 26.8. The highest BCUT2D eigenvalue weighted by Gasteiger charge is 2.34. The number of amides is 1. The highest BCUT2D eigenvalue weighted by Crippen LogP contribution is 2.36. The molecule has 1 aliphatic heterocycles. The molecule has 15 nitrogen and oxygen atoms in total. The molecule has 4 rings (SSSR count). The van der Waals surface area contributed by atoms with Crippen molar-refractivity contribution < 1.29 is 62.4 Å². The molecule has 0 spiro atoms. The lowest BCUT2D eigenvalue weighted by Gasteiger charge is -2.21. The second kappa shape index (κ2) is 15.7. The second-order valence-electron chi connectivity index (χ2n) is 10.6. The van der Waals surface area contributed by atoms with Crippen LogP contribution in [0.4, 0.5) is 0 Å². The fourth-order valence-electron chi connectivity index (χ4n) is 4.91. The molecule has 1 aliphatic rings. The normalized spacial score (nSPS) is 15.0. The lowest BCUT2D eigenvalue weighted by Crippen LogP contribution is -2.44. The van der Waals surface area contributed by atoms with Crippen LogP contribution in [0, 0.1) is 0 Å². The Morgan fingerprint density at radius 3 is 2.06 bits per heavy atom. The summed E-state index contributed by atoms with van der Waals surface area (Å²) in [4.78, 5) is 87.9. The van der Waals surface area contributed by atoms with E-state index < -0.39 is 76.3 Å². The molecule has 3 aromatic rings. The van der Waals surface area contributed by atoms with Gasteiger partial charge in [-0.25, -0.2) is 9.59 Å². The molecule has 1 fully saturated rings. The van der Waals surface area contributed by atoms with Crippen LogP contribution in [0.15, 0.2) is 54.6 Å². The average molecular weight is 677 g/mol. The predicted molar refractivity (Wildman–Crippen MR) is 168 cm³/mol. The van der Waals surface area contributed by atoms with E-state index in [1.165, 1.54) is 49.4 Å². The first-order valence-electron chi connectivity index (χ1n) is 14.9. The lowest BCUT2D eigenvalue weighted by atomic mass is 9.95. The molecule has 0 bridgehead atoms. The SMILES string of the molecule is CCOC(=O)c1cccc(OC(C)=O)c1C(=O)c1c(O)cc(C(=O)O[C@H]2CNC[C@@H]2NC(=O)c2ccc(OC(C)=O)cc2)cc1OC(C)=O. The first-order chi connectivity index (χ1) is 23.3. The van der Waals surface area contributed by atoms with Crippen LogP contribution < -0.4 is 24.8 Å². The summed E-state index contributed by atoms with van der Waals surface area (Å²) in [6.45, 7) is 5.25. The maximum atomic E-state index is 14.0. The van der Waals surface area contributed by atoms with Crippen LogP contribution >= 0.6 is 0 Å². The van der Waals surface area contributed by atoms with Gasteiger partial charge in [0.25, 0.3) is 5.91 Å². The van der Waals surface area contributed by atoms with Crippen LogP contribution in [0.3, 0.4) is 0 Å². The molecule has 49 heavy (non-hydrogen) atoms. The number of hydrogen-bond acceptors (Lipinski definition) is 14. The van der Waals surface area contributed by atoms with Crippen molar-refractivity contribution in [3.63, 3.8) is 0 Å². The summed E-state index contributed by atoms with van der Waals surface area (Å²) in [5, 5.41) is 16.8. The van der Waals surface area contributed by atoms with Gasteiger partial charge in [0.1, 0.15) is 34.7 Å². The topological polar surface area (TPSA) is 210 Å². The molecule has 1 amide bonds. The number of phenolic OH excluding ortho intramolecular Hbond substituents is 1. The highest BCUT2D eigenvalue weighted by atomic mass is 16.6. The van der Waals surface area contributed by atoms with Crippen molar-refractivity contribution in [1.82, 2.24) is 10.6 Å². The number of nitrogens with one attached hydrogen (secondary N) is 2. The molecule has 15 heteroatoms. The number of ketones is 1. The van der Waals surface area contributed by atoms with E-state index in [4.69, 9.17) is 23.7 Å². The summed E-state index contributed by atoms with van der Waals surface area (Å²) in [5.41, 5.74) is -1.45. The molecule has 0 saturated carbocycles. The maximum Gasteiger partial charge on any atom is 0.339 e.